The van der Waals surface area contributed by atoms with Crippen LogP contribution in [0.15, 0.2) is 0 Å². The molecule has 17 heavy (non-hydrogen) atoms. The van der Waals surface area contributed by atoms with E-state index in [1.807, 2.05) is 0 Å². The molecule has 3 nitrogen and oxygen atoms in total. The Bertz CT molecular complexity index is 218. The van der Waals surface area contributed by atoms with Gasteiger partial charge in [0, 0.05) is 18.1 Å². The van der Waals surface area contributed by atoms with Crippen molar-refractivity contribution in [1.29, 1.82) is 0 Å². The van der Waals surface area contributed by atoms with Gasteiger partial charge in [0.1, 0.15) is 0 Å². The van der Waals surface area contributed by atoms with E-state index in [-0.39, 0.29) is 12.1 Å². The summed E-state index contributed by atoms with van der Waals surface area (Å²) < 4.78 is 0. The van der Waals surface area contributed by atoms with Gasteiger partial charge in [-0.15, -0.1) is 0 Å². The Balaban J connectivity index is 2.44. The molecule has 3 heteroatoms. The zero-order chi connectivity index (χ0) is 12.9. The van der Waals surface area contributed by atoms with Gasteiger partial charge in [-0.25, -0.2) is 0 Å². The van der Waals surface area contributed by atoms with E-state index in [1.54, 1.807) is 0 Å². The Kier molecular flexibility index (Phi) is 5.90. The van der Waals surface area contributed by atoms with Gasteiger partial charge >= 0.3 is 0 Å². The highest BCUT2D eigenvalue weighted by Gasteiger charge is 2.30. The number of nitrogens with zero attached hydrogens (tertiary/aromatic N) is 1. The van der Waals surface area contributed by atoms with Gasteiger partial charge in [0.15, 0.2) is 0 Å². The van der Waals surface area contributed by atoms with Crippen molar-refractivity contribution in [3.05, 3.63) is 0 Å². The van der Waals surface area contributed by atoms with Crippen LogP contribution in [0.1, 0.15) is 47.0 Å². The summed E-state index contributed by atoms with van der Waals surface area (Å²) >= 11 is 0. The van der Waals surface area contributed by atoms with Crippen molar-refractivity contribution in [2.24, 2.45) is 5.92 Å². The molecule has 1 fully saturated rings. The van der Waals surface area contributed by atoms with Crippen molar-refractivity contribution in [1.82, 2.24) is 10.2 Å². The maximum atomic E-state index is 9.53. The second kappa shape index (κ2) is 6.72. The molecule has 2 unspecified atom stereocenters. The number of aliphatic hydroxyl groups excluding tert-OH is 1. The van der Waals surface area contributed by atoms with E-state index in [0.717, 1.165) is 25.4 Å². The van der Waals surface area contributed by atoms with Crippen LogP contribution in [-0.4, -0.2) is 47.8 Å². The molecule has 0 spiro atoms. The van der Waals surface area contributed by atoms with Gasteiger partial charge in [0.25, 0.3) is 0 Å². The van der Waals surface area contributed by atoms with E-state index in [0.29, 0.717) is 6.04 Å². The smallest absolute Gasteiger partial charge is 0.0611 e. The Morgan fingerprint density at radius 3 is 2.47 bits per heavy atom. The standard InChI is InChI=1S/C14H30N2O/c1-5-15-14(4,11-17)9-12(3)16(6-2)10-13-7-8-13/h12-13,15,17H,5-11H2,1-4H3. The van der Waals surface area contributed by atoms with E-state index < -0.39 is 0 Å². The van der Waals surface area contributed by atoms with E-state index in [9.17, 15) is 5.11 Å². The number of hydrogen-bond donors (Lipinski definition) is 2. The predicted octanol–water partition coefficient (Wildman–Crippen LogP) is 1.86. The average Bonchev–Trinajstić information content (AvgIpc) is 3.09. The quantitative estimate of drug-likeness (QED) is 0.648. The van der Waals surface area contributed by atoms with E-state index in [1.165, 1.54) is 19.4 Å². The topological polar surface area (TPSA) is 35.5 Å². The van der Waals surface area contributed by atoms with Crippen molar-refractivity contribution in [3.63, 3.8) is 0 Å². The number of aliphatic hydroxyl groups is 1. The summed E-state index contributed by atoms with van der Waals surface area (Å²) in [6.45, 7) is 12.2. The molecular weight excluding hydrogens is 212 g/mol. The minimum atomic E-state index is -0.134. The molecular formula is C14H30N2O. The third-order valence-electron chi connectivity index (χ3n) is 3.92. The summed E-state index contributed by atoms with van der Waals surface area (Å²) in [5, 5.41) is 12.9. The molecule has 0 saturated heterocycles. The molecule has 102 valence electrons. The molecule has 1 rings (SSSR count). The van der Waals surface area contributed by atoms with Crippen LogP contribution in [0.25, 0.3) is 0 Å². The monoisotopic (exact) mass is 242 g/mol. The molecule has 1 aliphatic rings. The third kappa shape index (κ3) is 4.94. The Labute approximate surface area is 107 Å². The van der Waals surface area contributed by atoms with Gasteiger partial charge in [-0.05, 0) is 52.1 Å². The van der Waals surface area contributed by atoms with Crippen LogP contribution in [0.5, 0.6) is 0 Å². The summed E-state index contributed by atoms with van der Waals surface area (Å²) in [5.41, 5.74) is -0.134. The SMILES string of the molecule is CCNC(C)(CO)CC(C)N(CC)CC1CC1. The van der Waals surface area contributed by atoms with Crippen molar-refractivity contribution in [3.8, 4) is 0 Å². The first kappa shape index (κ1) is 14.9. The van der Waals surface area contributed by atoms with Crippen molar-refractivity contribution in [2.45, 2.75) is 58.5 Å². The van der Waals surface area contributed by atoms with Gasteiger partial charge in [-0.3, -0.25) is 0 Å². The molecule has 0 aromatic rings. The molecule has 1 saturated carbocycles. The van der Waals surface area contributed by atoms with Crippen molar-refractivity contribution < 1.29 is 5.11 Å². The molecule has 0 heterocycles. The van der Waals surface area contributed by atoms with E-state index >= 15 is 0 Å². The van der Waals surface area contributed by atoms with Crippen LogP contribution in [0.4, 0.5) is 0 Å². The van der Waals surface area contributed by atoms with Crippen molar-refractivity contribution in [2.75, 3.05) is 26.2 Å². The van der Waals surface area contributed by atoms with Gasteiger partial charge in [-0.2, -0.15) is 0 Å². The van der Waals surface area contributed by atoms with Gasteiger partial charge in [0.05, 0.1) is 6.61 Å². The molecule has 0 aromatic carbocycles. The fourth-order valence-electron chi connectivity index (χ4n) is 2.65. The minimum Gasteiger partial charge on any atom is -0.394 e. The normalized spacial score (nSPS) is 21.5. The lowest BCUT2D eigenvalue weighted by Gasteiger charge is -2.36. The van der Waals surface area contributed by atoms with Gasteiger partial charge < -0.3 is 15.3 Å². The van der Waals surface area contributed by atoms with Crippen LogP contribution in [-0.2, 0) is 0 Å². The fourth-order valence-corrected chi connectivity index (χ4v) is 2.65. The lowest BCUT2D eigenvalue weighted by atomic mass is 9.93. The largest absolute Gasteiger partial charge is 0.394 e. The third-order valence-corrected chi connectivity index (χ3v) is 3.92. The summed E-state index contributed by atoms with van der Waals surface area (Å²) in [7, 11) is 0. The predicted molar refractivity (Wildman–Crippen MR) is 73.2 cm³/mol. The van der Waals surface area contributed by atoms with Crippen LogP contribution >= 0.6 is 0 Å². The molecule has 0 bridgehead atoms. The fraction of sp³-hybridized carbons (Fsp3) is 1.00. The first-order valence-corrected chi connectivity index (χ1v) is 7.14. The highest BCUT2D eigenvalue weighted by molar-refractivity contribution is 4.88. The molecule has 0 amide bonds. The highest BCUT2D eigenvalue weighted by atomic mass is 16.3. The van der Waals surface area contributed by atoms with Crippen LogP contribution < -0.4 is 5.32 Å². The Morgan fingerprint density at radius 1 is 1.41 bits per heavy atom. The molecule has 0 radical (unpaired) electrons. The first-order chi connectivity index (χ1) is 8.04. The summed E-state index contributed by atoms with van der Waals surface area (Å²) in [6.07, 6.45) is 3.83. The molecule has 1 aliphatic carbocycles. The lowest BCUT2D eigenvalue weighted by molar-refractivity contribution is 0.116. The second-order valence-electron chi connectivity index (χ2n) is 5.83. The average molecular weight is 242 g/mol. The van der Waals surface area contributed by atoms with Gasteiger partial charge in [-0.1, -0.05) is 13.8 Å². The Morgan fingerprint density at radius 2 is 2.06 bits per heavy atom. The number of likely N-dealkylation sites (N-methyl/N-ethyl adjacent to an activating group) is 1. The maximum Gasteiger partial charge on any atom is 0.0611 e. The number of nitrogens with one attached hydrogen (secondary N) is 1. The van der Waals surface area contributed by atoms with Crippen molar-refractivity contribution >= 4 is 0 Å². The van der Waals surface area contributed by atoms with Crippen LogP contribution in [0, 0.1) is 5.92 Å². The van der Waals surface area contributed by atoms with E-state index in [2.05, 4.69) is 37.9 Å². The summed E-state index contributed by atoms with van der Waals surface area (Å²) in [4.78, 5) is 2.56. The van der Waals surface area contributed by atoms with Crippen LogP contribution in [0.3, 0.4) is 0 Å². The molecule has 2 N–H and O–H groups in total. The highest BCUT2D eigenvalue weighted by Crippen LogP contribution is 2.31. The van der Waals surface area contributed by atoms with Gasteiger partial charge in [0.2, 0.25) is 0 Å². The number of hydrogen-bond acceptors (Lipinski definition) is 3. The van der Waals surface area contributed by atoms with E-state index in [4.69, 9.17) is 0 Å². The zero-order valence-corrected chi connectivity index (χ0v) is 12.0. The Hall–Kier alpha value is -0.120. The number of rotatable bonds is 9. The second-order valence-corrected chi connectivity index (χ2v) is 5.83. The minimum absolute atomic E-state index is 0.134. The molecule has 0 aromatic heterocycles. The molecule has 0 aliphatic heterocycles. The maximum absolute atomic E-state index is 9.53. The van der Waals surface area contributed by atoms with Crippen LogP contribution in [0.2, 0.25) is 0 Å². The molecule has 2 atom stereocenters. The summed E-state index contributed by atoms with van der Waals surface area (Å²) in [6, 6.07) is 0.539. The first-order valence-electron chi connectivity index (χ1n) is 7.14. The zero-order valence-electron chi connectivity index (χ0n) is 12.0. The lowest BCUT2D eigenvalue weighted by Crippen LogP contribution is -2.50. The summed E-state index contributed by atoms with van der Waals surface area (Å²) in [5.74, 6) is 0.942.